The van der Waals surface area contributed by atoms with E-state index in [0.29, 0.717) is 30.5 Å². The average molecular weight is 574 g/mol. The van der Waals surface area contributed by atoms with Crippen molar-refractivity contribution in [3.05, 3.63) is 27.7 Å². The Hall–Kier alpha value is -1.80. The first-order valence-corrected chi connectivity index (χ1v) is 13.9. The molecule has 9 heteroatoms. The van der Waals surface area contributed by atoms with E-state index in [1.807, 2.05) is 0 Å². The lowest BCUT2D eigenvalue weighted by molar-refractivity contribution is -0.152. The van der Waals surface area contributed by atoms with Crippen LogP contribution in [-0.4, -0.2) is 55.0 Å². The lowest BCUT2D eigenvalue weighted by Gasteiger charge is -2.34. The van der Waals surface area contributed by atoms with Crippen LogP contribution in [0.1, 0.15) is 77.6 Å². The molecule has 0 aliphatic carbocycles. The molecule has 2 amide bonds. The third-order valence-electron chi connectivity index (χ3n) is 6.02. The molecule has 1 aromatic rings. The largest absolute Gasteiger partial charge is 0.482 e. The second kappa shape index (κ2) is 16.8. The van der Waals surface area contributed by atoms with Gasteiger partial charge in [-0.05, 0) is 24.6 Å². The van der Waals surface area contributed by atoms with Gasteiger partial charge in [0.15, 0.2) is 6.61 Å². The monoisotopic (exact) mass is 572 g/mol. The van der Waals surface area contributed by atoms with Crippen molar-refractivity contribution in [2.24, 2.45) is 0 Å². The molecular weight excluding hydrogens is 536 g/mol. The number of piperazine rings is 1. The van der Waals surface area contributed by atoms with Gasteiger partial charge in [-0.1, -0.05) is 92.2 Å². The molecule has 1 fully saturated rings. The number of unbranched alkanes of at least 4 members (excludes halogenated alkanes) is 9. The van der Waals surface area contributed by atoms with E-state index in [0.717, 1.165) is 23.7 Å². The predicted molar refractivity (Wildman–Crippen MR) is 141 cm³/mol. The molecule has 1 heterocycles. The van der Waals surface area contributed by atoms with Gasteiger partial charge in [0.2, 0.25) is 5.91 Å². The van der Waals surface area contributed by atoms with Crippen LogP contribution in [0.25, 0.3) is 0 Å². The van der Waals surface area contributed by atoms with Gasteiger partial charge in [0.1, 0.15) is 11.8 Å². The van der Waals surface area contributed by atoms with Crippen LogP contribution in [0.3, 0.4) is 0 Å². The van der Waals surface area contributed by atoms with Crippen molar-refractivity contribution in [1.82, 2.24) is 10.2 Å². The average Bonchev–Trinajstić information content (AvgIpc) is 2.83. The second-order valence-electron chi connectivity index (χ2n) is 8.86. The molecule has 35 heavy (non-hydrogen) atoms. The van der Waals surface area contributed by atoms with Crippen molar-refractivity contribution >= 4 is 45.3 Å². The van der Waals surface area contributed by atoms with Crippen LogP contribution in [0.15, 0.2) is 22.7 Å². The Kier molecular flexibility index (Phi) is 14.1. The summed E-state index contributed by atoms with van der Waals surface area (Å²) in [5.74, 6) is -0.844. The Morgan fingerprint density at radius 1 is 1.09 bits per heavy atom. The summed E-state index contributed by atoms with van der Waals surface area (Å²) in [7, 11) is 0. The van der Waals surface area contributed by atoms with Crippen molar-refractivity contribution in [2.75, 3.05) is 26.3 Å². The second-order valence-corrected chi connectivity index (χ2v) is 10.2. The van der Waals surface area contributed by atoms with E-state index in [-0.39, 0.29) is 24.8 Å². The van der Waals surface area contributed by atoms with Crippen LogP contribution in [0.2, 0.25) is 5.02 Å². The van der Waals surface area contributed by atoms with Gasteiger partial charge >= 0.3 is 5.97 Å². The lowest BCUT2D eigenvalue weighted by atomic mass is 10.1. The maximum Gasteiger partial charge on any atom is 0.308 e. The third kappa shape index (κ3) is 11.2. The zero-order valence-corrected chi connectivity index (χ0v) is 23.0. The Morgan fingerprint density at radius 2 is 1.74 bits per heavy atom. The molecule has 1 saturated heterocycles. The Bertz CT molecular complexity index is 823. The summed E-state index contributed by atoms with van der Waals surface area (Å²) in [5, 5.41) is 3.09. The highest BCUT2D eigenvalue weighted by atomic mass is 79.9. The summed E-state index contributed by atoms with van der Waals surface area (Å²) in [5.41, 5.74) is 0. The number of carbonyl (C=O) groups is 3. The number of ether oxygens (including phenoxy) is 2. The molecule has 196 valence electrons. The smallest absolute Gasteiger partial charge is 0.308 e. The quantitative estimate of drug-likeness (QED) is 0.204. The summed E-state index contributed by atoms with van der Waals surface area (Å²) in [4.78, 5) is 38.9. The molecule has 1 aliphatic heterocycles. The number of nitrogens with zero attached hydrogens (tertiary/aromatic N) is 1. The van der Waals surface area contributed by atoms with E-state index in [2.05, 4.69) is 28.2 Å². The van der Waals surface area contributed by atoms with E-state index in [1.165, 1.54) is 49.8 Å². The first-order chi connectivity index (χ1) is 16.9. The topological polar surface area (TPSA) is 84.9 Å². The van der Waals surface area contributed by atoms with Crippen LogP contribution in [0.4, 0.5) is 0 Å². The van der Waals surface area contributed by atoms with E-state index < -0.39 is 12.0 Å². The molecule has 1 aliphatic rings. The normalized spacial score (nSPS) is 15.6. The highest BCUT2D eigenvalue weighted by Gasteiger charge is 2.35. The predicted octanol–water partition coefficient (Wildman–Crippen LogP) is 5.66. The van der Waals surface area contributed by atoms with Crippen molar-refractivity contribution in [3.63, 3.8) is 0 Å². The molecule has 0 bridgehead atoms. The van der Waals surface area contributed by atoms with Crippen molar-refractivity contribution in [2.45, 2.75) is 83.6 Å². The number of benzene rings is 1. The molecule has 1 N–H and O–H groups in total. The Labute approximate surface area is 222 Å². The fourth-order valence-corrected chi connectivity index (χ4v) is 4.75. The standard InChI is InChI=1S/C26H38BrClN2O5/c1-2-3-4-5-6-7-8-9-10-11-16-34-25(32)18-22-26(33)29-14-15-30(22)24(31)19-35-23-13-12-20(27)17-21(23)28/h12-13,17,22H,2-11,14-16,18-19H2,1H3,(H,29,33). The van der Waals surface area contributed by atoms with Gasteiger partial charge in [-0.2, -0.15) is 0 Å². The van der Waals surface area contributed by atoms with Gasteiger partial charge in [-0.25, -0.2) is 0 Å². The zero-order chi connectivity index (χ0) is 25.5. The molecule has 1 unspecified atom stereocenters. The minimum atomic E-state index is -0.902. The number of nitrogens with one attached hydrogen (secondary N) is 1. The van der Waals surface area contributed by atoms with E-state index in [4.69, 9.17) is 21.1 Å². The molecule has 0 saturated carbocycles. The molecule has 1 atom stereocenters. The van der Waals surface area contributed by atoms with Crippen LogP contribution in [0.5, 0.6) is 5.75 Å². The van der Waals surface area contributed by atoms with Crippen molar-refractivity contribution in [1.29, 1.82) is 0 Å². The SMILES string of the molecule is CCCCCCCCCCCCOC(=O)CC1C(=O)NCCN1C(=O)COc1ccc(Br)cc1Cl. The molecule has 0 spiro atoms. The van der Waals surface area contributed by atoms with Gasteiger partial charge in [0, 0.05) is 17.6 Å². The van der Waals surface area contributed by atoms with Gasteiger partial charge < -0.3 is 19.7 Å². The fraction of sp³-hybridized carbons (Fsp3) is 0.654. The minimum absolute atomic E-state index is 0.172. The van der Waals surface area contributed by atoms with Crippen molar-refractivity contribution < 1.29 is 23.9 Å². The number of hydrogen-bond donors (Lipinski definition) is 1. The van der Waals surface area contributed by atoms with Gasteiger partial charge in [0.05, 0.1) is 18.1 Å². The summed E-state index contributed by atoms with van der Waals surface area (Å²) < 4.78 is 11.7. The summed E-state index contributed by atoms with van der Waals surface area (Å²) >= 11 is 9.45. The third-order valence-corrected chi connectivity index (χ3v) is 6.81. The number of hydrogen-bond acceptors (Lipinski definition) is 5. The van der Waals surface area contributed by atoms with Gasteiger partial charge in [-0.3, -0.25) is 14.4 Å². The van der Waals surface area contributed by atoms with Crippen molar-refractivity contribution in [3.8, 4) is 5.75 Å². The van der Waals surface area contributed by atoms with E-state index in [1.54, 1.807) is 18.2 Å². The molecule has 7 nitrogen and oxygen atoms in total. The first kappa shape index (κ1) is 29.4. The zero-order valence-electron chi connectivity index (χ0n) is 20.7. The lowest BCUT2D eigenvalue weighted by Crippen LogP contribution is -2.58. The van der Waals surface area contributed by atoms with Gasteiger partial charge in [-0.15, -0.1) is 0 Å². The fourth-order valence-electron chi connectivity index (χ4n) is 4.02. The minimum Gasteiger partial charge on any atom is -0.482 e. The Morgan fingerprint density at radius 3 is 2.40 bits per heavy atom. The van der Waals surface area contributed by atoms with Gasteiger partial charge in [0.25, 0.3) is 5.91 Å². The van der Waals surface area contributed by atoms with E-state index in [9.17, 15) is 14.4 Å². The van der Waals surface area contributed by atoms with Crippen LogP contribution in [0, 0.1) is 0 Å². The number of rotatable bonds is 16. The highest BCUT2D eigenvalue weighted by molar-refractivity contribution is 9.10. The number of halogens is 2. The summed E-state index contributed by atoms with van der Waals surface area (Å²) in [6, 6.07) is 4.18. The van der Waals surface area contributed by atoms with Crippen LogP contribution in [-0.2, 0) is 19.1 Å². The number of carbonyl (C=O) groups excluding carboxylic acids is 3. The molecule has 2 rings (SSSR count). The number of amides is 2. The maximum atomic E-state index is 12.8. The van der Waals surface area contributed by atoms with Crippen LogP contribution >= 0.6 is 27.5 Å². The summed E-state index contributed by atoms with van der Waals surface area (Å²) in [6.07, 6.45) is 11.8. The molecule has 0 aromatic heterocycles. The van der Waals surface area contributed by atoms with Crippen LogP contribution < -0.4 is 10.1 Å². The number of esters is 1. The summed E-state index contributed by atoms with van der Waals surface area (Å²) in [6.45, 7) is 2.91. The molecule has 1 aromatic carbocycles. The molecule has 0 radical (unpaired) electrons. The maximum absolute atomic E-state index is 12.8. The first-order valence-electron chi connectivity index (χ1n) is 12.7. The van der Waals surface area contributed by atoms with E-state index >= 15 is 0 Å². The highest BCUT2D eigenvalue weighted by Crippen LogP contribution is 2.27. The molecular formula is C26H38BrClN2O5. The Balaban J connectivity index is 1.68.